The van der Waals surface area contributed by atoms with E-state index in [1.807, 2.05) is 0 Å². The van der Waals surface area contributed by atoms with Gasteiger partial charge in [0, 0.05) is 32.2 Å². The molecule has 0 aliphatic carbocycles. The van der Waals surface area contributed by atoms with Gasteiger partial charge in [-0.25, -0.2) is 9.59 Å². The topological polar surface area (TPSA) is 75.0 Å². The summed E-state index contributed by atoms with van der Waals surface area (Å²) in [6.45, 7) is 4.04. The van der Waals surface area contributed by atoms with E-state index >= 15 is 0 Å². The average molecular weight is 267 g/mol. The number of carbonyl (C=O) groups excluding carboxylic acids is 2. The molecule has 104 valence electrons. The molecule has 3 amide bonds. The van der Waals surface area contributed by atoms with Crippen LogP contribution in [0.2, 0.25) is 0 Å². The first kappa shape index (κ1) is 13.3. The minimum absolute atomic E-state index is 0.224. The Hall–Kier alpha value is -2.18. The minimum Gasteiger partial charge on any atom is -0.450 e. The Kier molecular flexibility index (Phi) is 4.27. The van der Waals surface area contributed by atoms with Crippen molar-refractivity contribution in [3.63, 3.8) is 0 Å². The van der Waals surface area contributed by atoms with Gasteiger partial charge in [0.15, 0.2) is 0 Å². The van der Waals surface area contributed by atoms with Gasteiger partial charge >= 0.3 is 12.1 Å². The smallest absolute Gasteiger partial charge is 0.409 e. The first-order valence-electron chi connectivity index (χ1n) is 6.22. The SMILES string of the molecule is CCOC(=O)N1CCN(C(=O)Nc2ccco2)CC1. The molecule has 1 N–H and O–H groups in total. The number of nitrogens with zero attached hydrogens (tertiary/aromatic N) is 2. The van der Waals surface area contributed by atoms with Crippen LogP contribution in [0.4, 0.5) is 15.5 Å². The van der Waals surface area contributed by atoms with E-state index in [1.165, 1.54) is 6.26 Å². The Bertz CT molecular complexity index is 424. The number of carbonyl (C=O) groups is 2. The molecule has 0 radical (unpaired) electrons. The Balaban J connectivity index is 1.79. The summed E-state index contributed by atoms with van der Waals surface area (Å²) in [6.07, 6.45) is 1.17. The lowest BCUT2D eigenvalue weighted by Crippen LogP contribution is -2.51. The highest BCUT2D eigenvalue weighted by molar-refractivity contribution is 5.88. The summed E-state index contributed by atoms with van der Waals surface area (Å²) in [5, 5.41) is 2.65. The highest BCUT2D eigenvalue weighted by Gasteiger charge is 2.24. The molecular formula is C12H17N3O4. The standard InChI is InChI=1S/C12H17N3O4/c1-2-18-12(17)15-7-5-14(6-8-15)11(16)13-10-4-3-9-19-10/h3-4,9H,2,5-8H2,1H3,(H,13,16). The van der Waals surface area contributed by atoms with Crippen LogP contribution in [-0.2, 0) is 4.74 Å². The third kappa shape index (κ3) is 3.40. The molecule has 1 fully saturated rings. The summed E-state index contributed by atoms with van der Waals surface area (Å²) in [7, 11) is 0. The van der Waals surface area contributed by atoms with E-state index in [4.69, 9.17) is 9.15 Å². The second kappa shape index (κ2) is 6.12. The number of anilines is 1. The summed E-state index contributed by atoms with van der Waals surface area (Å²) >= 11 is 0. The zero-order valence-corrected chi connectivity index (χ0v) is 10.8. The van der Waals surface area contributed by atoms with Gasteiger partial charge in [0.05, 0.1) is 12.9 Å². The first-order chi connectivity index (χ1) is 9.20. The molecule has 1 aliphatic heterocycles. The second-order valence-electron chi connectivity index (χ2n) is 4.08. The van der Waals surface area contributed by atoms with Crippen LogP contribution in [0.3, 0.4) is 0 Å². The molecule has 0 atom stereocenters. The molecule has 0 unspecified atom stereocenters. The lowest BCUT2D eigenvalue weighted by Gasteiger charge is -2.33. The largest absolute Gasteiger partial charge is 0.450 e. The van der Waals surface area contributed by atoms with E-state index in [1.54, 1.807) is 28.9 Å². The Morgan fingerprint density at radius 3 is 2.58 bits per heavy atom. The van der Waals surface area contributed by atoms with Crippen LogP contribution in [0, 0.1) is 0 Å². The number of hydrogen-bond acceptors (Lipinski definition) is 4. The third-order valence-corrected chi connectivity index (χ3v) is 2.84. The third-order valence-electron chi connectivity index (χ3n) is 2.84. The van der Waals surface area contributed by atoms with Crippen molar-refractivity contribution in [2.24, 2.45) is 0 Å². The fraction of sp³-hybridized carbons (Fsp3) is 0.500. The molecule has 2 rings (SSSR count). The van der Waals surface area contributed by atoms with E-state index in [0.29, 0.717) is 38.7 Å². The molecule has 1 aromatic heterocycles. The lowest BCUT2D eigenvalue weighted by molar-refractivity contribution is 0.0868. The molecule has 7 nitrogen and oxygen atoms in total. The molecule has 0 spiro atoms. The Labute approximate surface area is 111 Å². The molecule has 7 heteroatoms. The van der Waals surface area contributed by atoms with Gasteiger partial charge in [-0.05, 0) is 13.0 Å². The number of piperazine rings is 1. The predicted octanol–water partition coefficient (Wildman–Crippen LogP) is 1.59. The van der Waals surface area contributed by atoms with Gasteiger partial charge in [-0.1, -0.05) is 0 Å². The quantitative estimate of drug-likeness (QED) is 0.882. The average Bonchev–Trinajstić information content (AvgIpc) is 2.92. The van der Waals surface area contributed by atoms with Crippen molar-refractivity contribution in [3.05, 3.63) is 18.4 Å². The Morgan fingerprint density at radius 1 is 1.32 bits per heavy atom. The zero-order chi connectivity index (χ0) is 13.7. The fourth-order valence-corrected chi connectivity index (χ4v) is 1.84. The van der Waals surface area contributed by atoms with E-state index < -0.39 is 0 Å². The highest BCUT2D eigenvalue weighted by Crippen LogP contribution is 2.10. The van der Waals surface area contributed by atoms with E-state index in [0.717, 1.165) is 0 Å². The van der Waals surface area contributed by atoms with Crippen LogP contribution in [0.5, 0.6) is 0 Å². The molecule has 1 saturated heterocycles. The Morgan fingerprint density at radius 2 is 2.00 bits per heavy atom. The lowest BCUT2D eigenvalue weighted by atomic mass is 10.3. The van der Waals surface area contributed by atoms with Crippen molar-refractivity contribution in [2.75, 3.05) is 38.1 Å². The van der Waals surface area contributed by atoms with Crippen LogP contribution in [0.25, 0.3) is 0 Å². The van der Waals surface area contributed by atoms with Crippen molar-refractivity contribution < 1.29 is 18.7 Å². The maximum atomic E-state index is 11.9. The zero-order valence-electron chi connectivity index (χ0n) is 10.8. The van der Waals surface area contributed by atoms with Crippen molar-refractivity contribution in [1.29, 1.82) is 0 Å². The van der Waals surface area contributed by atoms with Crippen LogP contribution < -0.4 is 5.32 Å². The van der Waals surface area contributed by atoms with Crippen LogP contribution in [0.15, 0.2) is 22.8 Å². The number of hydrogen-bond donors (Lipinski definition) is 1. The molecular weight excluding hydrogens is 250 g/mol. The number of urea groups is 1. The summed E-state index contributed by atoms with van der Waals surface area (Å²) in [6, 6.07) is 3.15. The van der Waals surface area contributed by atoms with Gasteiger partial charge in [0.25, 0.3) is 0 Å². The minimum atomic E-state index is -0.325. The maximum absolute atomic E-state index is 11.9. The predicted molar refractivity (Wildman–Crippen MR) is 67.9 cm³/mol. The maximum Gasteiger partial charge on any atom is 0.409 e. The highest BCUT2D eigenvalue weighted by atomic mass is 16.6. The monoisotopic (exact) mass is 267 g/mol. The second-order valence-corrected chi connectivity index (χ2v) is 4.08. The summed E-state index contributed by atoms with van der Waals surface area (Å²) in [5.41, 5.74) is 0. The van der Waals surface area contributed by atoms with Gasteiger partial charge < -0.3 is 19.0 Å². The first-order valence-corrected chi connectivity index (χ1v) is 6.22. The van der Waals surface area contributed by atoms with Crippen molar-refractivity contribution >= 4 is 18.0 Å². The van der Waals surface area contributed by atoms with Gasteiger partial charge in [-0.3, -0.25) is 5.32 Å². The van der Waals surface area contributed by atoms with Gasteiger partial charge in [0.2, 0.25) is 5.88 Å². The van der Waals surface area contributed by atoms with E-state index in [-0.39, 0.29) is 12.1 Å². The number of rotatable bonds is 2. The molecule has 0 aromatic carbocycles. The summed E-state index contributed by atoms with van der Waals surface area (Å²) in [4.78, 5) is 26.6. The fourth-order valence-electron chi connectivity index (χ4n) is 1.84. The van der Waals surface area contributed by atoms with Gasteiger partial charge in [-0.15, -0.1) is 0 Å². The molecule has 19 heavy (non-hydrogen) atoms. The van der Waals surface area contributed by atoms with Crippen LogP contribution in [-0.4, -0.2) is 54.7 Å². The van der Waals surface area contributed by atoms with Gasteiger partial charge in [0.1, 0.15) is 0 Å². The van der Waals surface area contributed by atoms with Crippen LogP contribution >= 0.6 is 0 Å². The molecule has 0 bridgehead atoms. The van der Waals surface area contributed by atoms with E-state index in [9.17, 15) is 9.59 Å². The molecule has 2 heterocycles. The summed E-state index contributed by atoms with van der Waals surface area (Å²) < 4.78 is 9.96. The van der Waals surface area contributed by atoms with Crippen molar-refractivity contribution in [2.45, 2.75) is 6.92 Å². The molecule has 0 saturated carbocycles. The van der Waals surface area contributed by atoms with Crippen molar-refractivity contribution in [1.82, 2.24) is 9.80 Å². The summed E-state index contributed by atoms with van der Waals surface area (Å²) in [5.74, 6) is 0.415. The van der Waals surface area contributed by atoms with E-state index in [2.05, 4.69) is 5.32 Å². The number of ether oxygens (including phenoxy) is 1. The normalized spacial score (nSPS) is 15.2. The van der Waals surface area contributed by atoms with Crippen LogP contribution in [0.1, 0.15) is 6.92 Å². The molecule has 1 aliphatic rings. The number of amides is 3. The van der Waals surface area contributed by atoms with Gasteiger partial charge in [-0.2, -0.15) is 0 Å². The van der Waals surface area contributed by atoms with Crippen molar-refractivity contribution in [3.8, 4) is 0 Å². The molecule has 1 aromatic rings. The number of nitrogens with one attached hydrogen (secondary N) is 1. The number of furan rings is 1.